The van der Waals surface area contributed by atoms with Crippen molar-refractivity contribution in [2.75, 3.05) is 11.1 Å². The van der Waals surface area contributed by atoms with Crippen LogP contribution in [0.4, 0.5) is 15.8 Å². The lowest BCUT2D eigenvalue weighted by molar-refractivity contribution is 0.102. The molecule has 130 valence electrons. The van der Waals surface area contributed by atoms with Crippen molar-refractivity contribution in [3.63, 3.8) is 0 Å². The first-order valence-corrected chi connectivity index (χ1v) is 8.36. The predicted octanol–water partition coefficient (Wildman–Crippen LogP) is 3.42. The van der Waals surface area contributed by atoms with Crippen LogP contribution in [0.15, 0.2) is 58.8 Å². The van der Waals surface area contributed by atoms with E-state index in [9.17, 15) is 9.18 Å². The van der Waals surface area contributed by atoms with Gasteiger partial charge in [0.2, 0.25) is 0 Å². The van der Waals surface area contributed by atoms with Gasteiger partial charge in [0, 0.05) is 25.1 Å². The second-order valence-corrected chi connectivity index (χ2v) is 6.41. The number of nitrogens with zero attached hydrogens (tertiary/aromatic N) is 3. The molecular formula is C18H14FN5OS. The Morgan fingerprint density at radius 3 is 2.85 bits per heavy atom. The van der Waals surface area contributed by atoms with E-state index in [1.807, 2.05) is 6.07 Å². The van der Waals surface area contributed by atoms with E-state index < -0.39 is 11.7 Å². The van der Waals surface area contributed by atoms with Crippen LogP contribution in [0.3, 0.4) is 0 Å². The fourth-order valence-corrected chi connectivity index (χ4v) is 3.12. The number of imidazole rings is 1. The zero-order chi connectivity index (χ0) is 18.7. The Balaban J connectivity index is 1.92. The Labute approximate surface area is 153 Å². The van der Waals surface area contributed by atoms with Crippen LogP contribution >= 0.6 is 11.8 Å². The van der Waals surface area contributed by atoms with Gasteiger partial charge < -0.3 is 15.6 Å². The maximum atomic E-state index is 14.3. The summed E-state index contributed by atoms with van der Waals surface area (Å²) in [6.07, 6.45) is 3.34. The summed E-state index contributed by atoms with van der Waals surface area (Å²) >= 11 is 1.09. The molecule has 1 aromatic heterocycles. The van der Waals surface area contributed by atoms with Gasteiger partial charge in [0.25, 0.3) is 5.91 Å². The van der Waals surface area contributed by atoms with Crippen LogP contribution in [0.2, 0.25) is 0 Å². The number of rotatable bonds is 4. The molecule has 1 heterocycles. The number of benzene rings is 2. The molecule has 3 rings (SSSR count). The number of carbonyl (C=O) groups is 1. The van der Waals surface area contributed by atoms with Crippen molar-refractivity contribution < 1.29 is 9.18 Å². The van der Waals surface area contributed by atoms with Gasteiger partial charge in [0.1, 0.15) is 11.9 Å². The molecule has 0 radical (unpaired) electrons. The average Bonchev–Trinajstić information content (AvgIpc) is 3.02. The molecular weight excluding hydrogens is 353 g/mol. The zero-order valence-electron chi connectivity index (χ0n) is 13.7. The van der Waals surface area contributed by atoms with E-state index in [4.69, 9.17) is 11.0 Å². The molecule has 3 aromatic rings. The number of amides is 1. The molecule has 2 aromatic carbocycles. The van der Waals surface area contributed by atoms with Crippen molar-refractivity contribution in [3.8, 4) is 6.07 Å². The number of nitrogens with one attached hydrogen (secondary N) is 1. The molecule has 0 spiro atoms. The number of anilines is 2. The van der Waals surface area contributed by atoms with Crippen LogP contribution in [-0.2, 0) is 7.05 Å². The van der Waals surface area contributed by atoms with Gasteiger partial charge in [-0.25, -0.2) is 9.37 Å². The highest BCUT2D eigenvalue weighted by Gasteiger charge is 2.17. The van der Waals surface area contributed by atoms with Gasteiger partial charge in [-0.3, -0.25) is 4.79 Å². The second-order valence-electron chi connectivity index (χ2n) is 5.40. The molecule has 3 N–H and O–H groups in total. The number of carbonyl (C=O) groups excluding carboxylic acids is 1. The van der Waals surface area contributed by atoms with Gasteiger partial charge in [-0.05, 0) is 36.0 Å². The SMILES string of the molecule is Cn1ccnc1Sc1cc(C(=O)Nc2ccccc2C#N)c(N)cc1F. The van der Waals surface area contributed by atoms with Crippen LogP contribution in [0.1, 0.15) is 15.9 Å². The molecule has 0 bridgehead atoms. The summed E-state index contributed by atoms with van der Waals surface area (Å²) in [5.74, 6) is -1.06. The molecule has 0 saturated carbocycles. The van der Waals surface area contributed by atoms with E-state index in [-0.39, 0.29) is 16.1 Å². The third kappa shape index (κ3) is 3.53. The topological polar surface area (TPSA) is 96.7 Å². The molecule has 0 aliphatic heterocycles. The highest BCUT2D eigenvalue weighted by molar-refractivity contribution is 7.99. The summed E-state index contributed by atoms with van der Waals surface area (Å²) in [6.45, 7) is 0. The van der Waals surface area contributed by atoms with Crippen LogP contribution in [-0.4, -0.2) is 15.5 Å². The average molecular weight is 367 g/mol. The molecule has 6 nitrogen and oxygen atoms in total. The van der Waals surface area contributed by atoms with Crippen molar-refractivity contribution in [2.24, 2.45) is 7.05 Å². The Hall–Kier alpha value is -3.31. The number of aromatic nitrogens is 2. The van der Waals surface area contributed by atoms with Crippen molar-refractivity contribution >= 4 is 29.0 Å². The molecule has 8 heteroatoms. The lowest BCUT2D eigenvalue weighted by Crippen LogP contribution is -2.15. The first kappa shape index (κ1) is 17.5. The summed E-state index contributed by atoms with van der Waals surface area (Å²) < 4.78 is 16.0. The Morgan fingerprint density at radius 1 is 1.38 bits per heavy atom. The molecule has 0 atom stereocenters. The Kier molecular flexibility index (Phi) is 4.91. The highest BCUT2D eigenvalue weighted by Crippen LogP contribution is 2.31. The van der Waals surface area contributed by atoms with E-state index in [1.165, 1.54) is 6.07 Å². The van der Waals surface area contributed by atoms with Crippen LogP contribution in [0, 0.1) is 17.1 Å². The third-order valence-corrected chi connectivity index (χ3v) is 4.73. The van der Waals surface area contributed by atoms with Crippen LogP contribution in [0.5, 0.6) is 0 Å². The first-order valence-electron chi connectivity index (χ1n) is 7.54. The molecule has 0 unspecified atom stereocenters. The number of halogens is 1. The van der Waals surface area contributed by atoms with Gasteiger partial charge in [-0.2, -0.15) is 5.26 Å². The van der Waals surface area contributed by atoms with E-state index >= 15 is 0 Å². The van der Waals surface area contributed by atoms with Gasteiger partial charge in [-0.1, -0.05) is 12.1 Å². The van der Waals surface area contributed by atoms with Gasteiger partial charge >= 0.3 is 0 Å². The minimum absolute atomic E-state index is 0.0126. The summed E-state index contributed by atoms with van der Waals surface area (Å²) in [6, 6.07) is 11.1. The fraction of sp³-hybridized carbons (Fsp3) is 0.0556. The van der Waals surface area contributed by atoms with E-state index in [0.29, 0.717) is 16.4 Å². The minimum atomic E-state index is -0.538. The lowest BCUT2D eigenvalue weighted by atomic mass is 10.1. The number of nitrogen functional groups attached to an aromatic ring is 1. The highest BCUT2D eigenvalue weighted by atomic mass is 32.2. The Morgan fingerprint density at radius 2 is 2.15 bits per heavy atom. The number of hydrogen-bond acceptors (Lipinski definition) is 5. The maximum absolute atomic E-state index is 14.3. The number of aryl methyl sites for hydroxylation is 1. The first-order chi connectivity index (χ1) is 12.5. The fourth-order valence-electron chi connectivity index (χ4n) is 2.27. The molecule has 0 fully saturated rings. The summed E-state index contributed by atoms with van der Waals surface area (Å²) in [7, 11) is 1.79. The van der Waals surface area contributed by atoms with Gasteiger partial charge in [0.05, 0.1) is 21.7 Å². The van der Waals surface area contributed by atoms with Gasteiger partial charge in [-0.15, -0.1) is 0 Å². The molecule has 0 aliphatic rings. The standard InChI is InChI=1S/C18H14FN5OS/c1-24-7-6-22-18(24)26-16-8-12(14(21)9-13(16)19)17(25)23-15-5-3-2-4-11(15)10-20/h2-9H,21H2,1H3,(H,23,25). The van der Waals surface area contributed by atoms with Crippen molar-refractivity contribution in [1.82, 2.24) is 9.55 Å². The van der Waals surface area contributed by atoms with E-state index in [2.05, 4.69) is 10.3 Å². The second kappa shape index (κ2) is 7.29. The maximum Gasteiger partial charge on any atom is 0.257 e. The molecule has 1 amide bonds. The quantitative estimate of drug-likeness (QED) is 0.689. The number of para-hydroxylation sites is 1. The zero-order valence-corrected chi connectivity index (χ0v) is 14.5. The van der Waals surface area contributed by atoms with Crippen LogP contribution < -0.4 is 11.1 Å². The molecule has 0 saturated heterocycles. The van der Waals surface area contributed by atoms with E-state index in [1.54, 1.807) is 48.3 Å². The number of nitrogens with two attached hydrogens (primary N) is 1. The summed E-state index contributed by atoms with van der Waals surface area (Å²) in [4.78, 5) is 16.9. The molecule has 0 aliphatic carbocycles. The van der Waals surface area contributed by atoms with Crippen molar-refractivity contribution in [2.45, 2.75) is 10.1 Å². The van der Waals surface area contributed by atoms with Crippen LogP contribution in [0.25, 0.3) is 0 Å². The smallest absolute Gasteiger partial charge is 0.257 e. The third-order valence-electron chi connectivity index (χ3n) is 3.62. The normalized spacial score (nSPS) is 10.3. The minimum Gasteiger partial charge on any atom is -0.398 e. The monoisotopic (exact) mass is 367 g/mol. The van der Waals surface area contributed by atoms with Gasteiger partial charge in [0.15, 0.2) is 5.16 Å². The Bertz CT molecular complexity index is 1020. The number of hydrogen-bond donors (Lipinski definition) is 2. The largest absolute Gasteiger partial charge is 0.398 e. The summed E-state index contributed by atoms with van der Waals surface area (Å²) in [5, 5.41) is 12.3. The summed E-state index contributed by atoms with van der Waals surface area (Å²) in [5.41, 5.74) is 6.64. The predicted molar refractivity (Wildman–Crippen MR) is 97.3 cm³/mol. The van der Waals surface area contributed by atoms with Crippen molar-refractivity contribution in [1.29, 1.82) is 5.26 Å². The lowest BCUT2D eigenvalue weighted by Gasteiger charge is -2.11. The molecule has 26 heavy (non-hydrogen) atoms. The van der Waals surface area contributed by atoms with E-state index in [0.717, 1.165) is 17.8 Å². The number of nitriles is 1. The van der Waals surface area contributed by atoms with Crippen molar-refractivity contribution in [3.05, 3.63) is 65.7 Å².